The normalized spacial score (nSPS) is 11.0. The van der Waals surface area contributed by atoms with Crippen molar-refractivity contribution in [2.24, 2.45) is 14.1 Å². The van der Waals surface area contributed by atoms with E-state index < -0.39 is 29.6 Å². The van der Waals surface area contributed by atoms with Crippen molar-refractivity contribution in [1.29, 1.82) is 0 Å². The molecule has 4 rings (SSSR count). The lowest BCUT2D eigenvalue weighted by Gasteiger charge is -2.13. The van der Waals surface area contributed by atoms with Gasteiger partial charge in [-0.15, -0.1) is 0 Å². The van der Waals surface area contributed by atoms with E-state index >= 15 is 0 Å². The molecular formula is C20H17ClN6O5. The van der Waals surface area contributed by atoms with Gasteiger partial charge in [-0.2, -0.15) is 0 Å². The van der Waals surface area contributed by atoms with Crippen LogP contribution in [0.25, 0.3) is 11.2 Å². The molecule has 32 heavy (non-hydrogen) atoms. The van der Waals surface area contributed by atoms with E-state index in [1.54, 1.807) is 13.1 Å². The van der Waals surface area contributed by atoms with E-state index in [1.165, 1.54) is 53.0 Å². The van der Waals surface area contributed by atoms with E-state index in [4.69, 9.17) is 16.0 Å². The molecule has 164 valence electrons. The first-order valence-corrected chi connectivity index (χ1v) is 9.69. The van der Waals surface area contributed by atoms with Crippen LogP contribution in [0.3, 0.4) is 0 Å². The molecule has 1 aromatic carbocycles. The molecule has 0 saturated carbocycles. The SMILES string of the molecule is Cn1cnc2c1c(=O)n(CC(=O)Nc1ccc(Cl)cc1NC(=O)c1ccco1)c(=O)n2C. The number of amides is 2. The Kier molecular flexibility index (Phi) is 5.41. The molecule has 0 aliphatic carbocycles. The maximum absolute atomic E-state index is 12.8. The Bertz CT molecular complexity index is 1460. The van der Waals surface area contributed by atoms with Crippen molar-refractivity contribution < 1.29 is 14.0 Å². The number of fused-ring (bicyclic) bond motifs is 1. The zero-order valence-electron chi connectivity index (χ0n) is 17.0. The van der Waals surface area contributed by atoms with E-state index in [0.717, 1.165) is 4.57 Å². The first kappa shape index (κ1) is 21.1. The second-order valence-electron chi connectivity index (χ2n) is 6.93. The highest BCUT2D eigenvalue weighted by molar-refractivity contribution is 6.31. The third-order valence-corrected chi connectivity index (χ3v) is 4.99. The Morgan fingerprint density at radius 3 is 2.62 bits per heavy atom. The molecular weight excluding hydrogens is 440 g/mol. The zero-order valence-corrected chi connectivity index (χ0v) is 17.7. The van der Waals surface area contributed by atoms with Crippen LogP contribution < -0.4 is 21.9 Å². The molecule has 0 saturated heterocycles. The number of rotatable bonds is 5. The van der Waals surface area contributed by atoms with Crippen molar-refractivity contribution in [2.45, 2.75) is 6.54 Å². The number of hydrogen-bond donors (Lipinski definition) is 2. The lowest BCUT2D eigenvalue weighted by molar-refractivity contribution is -0.116. The molecule has 0 fully saturated rings. The number of imidazole rings is 1. The molecule has 2 N–H and O–H groups in total. The fourth-order valence-corrected chi connectivity index (χ4v) is 3.36. The molecule has 12 heteroatoms. The van der Waals surface area contributed by atoms with Crippen molar-refractivity contribution in [1.82, 2.24) is 18.7 Å². The minimum atomic E-state index is -0.682. The minimum absolute atomic E-state index is 0.0711. The molecule has 2 amide bonds. The predicted molar refractivity (Wildman–Crippen MR) is 117 cm³/mol. The number of halogens is 1. The molecule has 0 bridgehead atoms. The Labute approximate surface area is 184 Å². The smallest absolute Gasteiger partial charge is 0.332 e. The first-order chi connectivity index (χ1) is 15.3. The van der Waals surface area contributed by atoms with Gasteiger partial charge in [0.1, 0.15) is 6.54 Å². The van der Waals surface area contributed by atoms with Crippen LogP contribution in [0.1, 0.15) is 10.6 Å². The highest BCUT2D eigenvalue weighted by atomic mass is 35.5. The van der Waals surface area contributed by atoms with Gasteiger partial charge in [-0.25, -0.2) is 14.3 Å². The van der Waals surface area contributed by atoms with Gasteiger partial charge in [0.05, 0.1) is 24.0 Å². The third-order valence-electron chi connectivity index (χ3n) is 4.75. The average molecular weight is 457 g/mol. The lowest BCUT2D eigenvalue weighted by atomic mass is 10.2. The first-order valence-electron chi connectivity index (χ1n) is 9.31. The minimum Gasteiger partial charge on any atom is -0.459 e. The number of anilines is 2. The Hall–Kier alpha value is -4.12. The summed E-state index contributed by atoms with van der Waals surface area (Å²) in [6, 6.07) is 7.50. The molecule has 0 spiro atoms. The topological polar surface area (TPSA) is 133 Å². The Morgan fingerprint density at radius 1 is 1.12 bits per heavy atom. The van der Waals surface area contributed by atoms with E-state index in [-0.39, 0.29) is 28.3 Å². The van der Waals surface area contributed by atoms with Gasteiger partial charge in [0.2, 0.25) is 5.91 Å². The van der Waals surface area contributed by atoms with Gasteiger partial charge >= 0.3 is 5.69 Å². The second kappa shape index (κ2) is 8.19. The summed E-state index contributed by atoms with van der Waals surface area (Å²) in [6.07, 6.45) is 2.77. The summed E-state index contributed by atoms with van der Waals surface area (Å²) in [4.78, 5) is 54.4. The third kappa shape index (κ3) is 3.81. The van der Waals surface area contributed by atoms with Crippen LogP contribution in [0.2, 0.25) is 5.02 Å². The van der Waals surface area contributed by atoms with E-state index in [0.29, 0.717) is 5.02 Å². The van der Waals surface area contributed by atoms with E-state index in [2.05, 4.69) is 15.6 Å². The average Bonchev–Trinajstić information content (AvgIpc) is 3.42. The van der Waals surface area contributed by atoms with E-state index in [9.17, 15) is 19.2 Å². The molecule has 0 atom stereocenters. The van der Waals surface area contributed by atoms with Gasteiger partial charge in [0.25, 0.3) is 11.5 Å². The fraction of sp³-hybridized carbons (Fsp3) is 0.150. The van der Waals surface area contributed by atoms with Crippen LogP contribution in [-0.2, 0) is 25.4 Å². The molecule has 4 aromatic rings. The number of nitrogens with one attached hydrogen (secondary N) is 2. The summed E-state index contributed by atoms with van der Waals surface area (Å²) in [5.74, 6) is -1.12. The zero-order chi connectivity index (χ0) is 23.0. The monoisotopic (exact) mass is 456 g/mol. The number of aromatic nitrogens is 4. The molecule has 0 radical (unpaired) electrons. The molecule has 0 aliphatic rings. The fourth-order valence-electron chi connectivity index (χ4n) is 3.19. The molecule has 11 nitrogen and oxygen atoms in total. The molecule has 3 heterocycles. The lowest BCUT2D eigenvalue weighted by Crippen LogP contribution is -2.42. The number of carbonyl (C=O) groups excluding carboxylic acids is 2. The van der Waals surface area contributed by atoms with Crippen LogP contribution in [0.15, 0.2) is 56.9 Å². The van der Waals surface area contributed by atoms with Gasteiger partial charge < -0.3 is 19.6 Å². The maximum Gasteiger partial charge on any atom is 0.332 e. The number of hydrogen-bond acceptors (Lipinski definition) is 6. The second-order valence-corrected chi connectivity index (χ2v) is 7.37. The van der Waals surface area contributed by atoms with Crippen molar-refractivity contribution >= 4 is 46.0 Å². The number of carbonyl (C=O) groups is 2. The quantitative estimate of drug-likeness (QED) is 0.468. The largest absolute Gasteiger partial charge is 0.459 e. The summed E-state index contributed by atoms with van der Waals surface area (Å²) in [5, 5.41) is 5.52. The number of furan rings is 1. The van der Waals surface area contributed by atoms with Crippen molar-refractivity contribution in [2.75, 3.05) is 10.6 Å². The van der Waals surface area contributed by atoms with Gasteiger partial charge in [-0.1, -0.05) is 11.6 Å². The summed E-state index contributed by atoms with van der Waals surface area (Å²) < 4.78 is 8.55. The number of nitrogens with zero attached hydrogens (tertiary/aromatic N) is 4. The van der Waals surface area contributed by atoms with Crippen LogP contribution >= 0.6 is 11.6 Å². The van der Waals surface area contributed by atoms with Crippen LogP contribution in [0, 0.1) is 0 Å². The summed E-state index contributed by atoms with van der Waals surface area (Å²) in [7, 11) is 3.08. The predicted octanol–water partition coefficient (Wildman–Crippen LogP) is 1.57. The van der Waals surface area contributed by atoms with Gasteiger partial charge in [0, 0.05) is 19.1 Å². The van der Waals surface area contributed by atoms with Crippen LogP contribution in [-0.4, -0.2) is 30.5 Å². The molecule has 0 aliphatic heterocycles. The van der Waals surface area contributed by atoms with Gasteiger partial charge in [-0.3, -0.25) is 19.0 Å². The Balaban J connectivity index is 1.62. The maximum atomic E-state index is 12.8. The van der Waals surface area contributed by atoms with Crippen LogP contribution in [0.5, 0.6) is 0 Å². The summed E-state index contributed by atoms with van der Waals surface area (Å²) in [5.41, 5.74) is -0.461. The van der Waals surface area contributed by atoms with Crippen molar-refractivity contribution in [3.8, 4) is 0 Å². The Morgan fingerprint density at radius 2 is 1.91 bits per heavy atom. The standard InChI is InChI=1S/C20H17ClN6O5/c1-25-10-22-17-16(25)19(30)27(20(31)26(17)2)9-15(28)23-12-6-5-11(21)8-13(12)24-18(29)14-4-3-7-32-14/h3-8,10H,9H2,1-2H3,(H,23,28)(H,24,29). The van der Waals surface area contributed by atoms with Gasteiger partial charge in [-0.05, 0) is 30.3 Å². The van der Waals surface area contributed by atoms with Gasteiger partial charge in [0.15, 0.2) is 16.9 Å². The summed E-state index contributed by atoms with van der Waals surface area (Å²) >= 11 is 6.02. The van der Waals surface area contributed by atoms with Crippen molar-refractivity contribution in [3.63, 3.8) is 0 Å². The summed E-state index contributed by atoms with van der Waals surface area (Å²) in [6.45, 7) is -0.541. The van der Waals surface area contributed by atoms with E-state index in [1.807, 2.05) is 0 Å². The number of benzene rings is 1. The highest BCUT2D eigenvalue weighted by Crippen LogP contribution is 2.26. The number of aryl methyl sites for hydroxylation is 2. The van der Waals surface area contributed by atoms with Crippen molar-refractivity contribution in [3.05, 3.63) is 74.5 Å². The van der Waals surface area contributed by atoms with Crippen LogP contribution in [0.4, 0.5) is 11.4 Å². The molecule has 0 unspecified atom stereocenters. The highest BCUT2D eigenvalue weighted by Gasteiger charge is 2.18. The molecule has 3 aromatic heterocycles.